The third-order valence-corrected chi connectivity index (χ3v) is 2.54. The fourth-order valence-corrected chi connectivity index (χ4v) is 1.72. The fraction of sp³-hybridized carbons (Fsp3) is 0.182. The first-order valence-corrected chi connectivity index (χ1v) is 5.59. The largest absolute Gasteiger partial charge is 0.378 e. The van der Waals surface area contributed by atoms with Gasteiger partial charge in [-0.3, -0.25) is 10.1 Å². The molecule has 0 spiro atoms. The lowest BCUT2D eigenvalue weighted by Crippen LogP contribution is -2.06. The van der Waals surface area contributed by atoms with Crippen molar-refractivity contribution in [3.8, 4) is 0 Å². The topological polar surface area (TPSA) is 68.1 Å². The first-order valence-electron chi connectivity index (χ1n) is 5.06. The molecule has 0 aliphatic rings. The van der Waals surface area contributed by atoms with E-state index < -0.39 is 4.92 Å². The van der Waals surface area contributed by atoms with Gasteiger partial charge in [-0.15, -0.1) is 11.6 Å². The molecule has 2 rings (SSSR count). The van der Waals surface area contributed by atoms with Crippen molar-refractivity contribution in [2.24, 2.45) is 0 Å². The van der Waals surface area contributed by atoms with Crippen LogP contribution < -0.4 is 5.32 Å². The number of nitrogens with zero attached hydrogens (tertiary/aromatic N) is 2. The number of halogens is 1. The van der Waals surface area contributed by atoms with Gasteiger partial charge >= 0.3 is 5.69 Å². The van der Waals surface area contributed by atoms with Crippen LogP contribution in [0.2, 0.25) is 0 Å². The highest BCUT2D eigenvalue weighted by Gasteiger charge is 2.17. The average Bonchev–Trinajstić information content (AvgIpc) is 2.35. The lowest BCUT2D eigenvalue weighted by molar-refractivity contribution is -0.384. The molecule has 0 fully saturated rings. The van der Waals surface area contributed by atoms with Crippen LogP contribution in [-0.4, -0.2) is 22.3 Å². The Morgan fingerprint density at radius 2 is 2.18 bits per heavy atom. The van der Waals surface area contributed by atoms with Crippen molar-refractivity contribution in [3.63, 3.8) is 0 Å². The Kier molecular flexibility index (Phi) is 3.39. The summed E-state index contributed by atoms with van der Waals surface area (Å²) < 4.78 is 0. The Labute approximate surface area is 103 Å². The summed E-state index contributed by atoms with van der Waals surface area (Å²) in [6.07, 6.45) is 1.26. The van der Waals surface area contributed by atoms with Gasteiger partial charge in [0.1, 0.15) is 11.9 Å². The van der Waals surface area contributed by atoms with Crippen LogP contribution in [0, 0.1) is 10.1 Å². The highest BCUT2D eigenvalue weighted by atomic mass is 35.5. The molecule has 1 aromatic carbocycles. The van der Waals surface area contributed by atoms with Gasteiger partial charge in [0, 0.05) is 17.8 Å². The van der Waals surface area contributed by atoms with Gasteiger partial charge in [0.05, 0.1) is 10.4 Å². The zero-order valence-corrected chi connectivity index (χ0v) is 9.65. The quantitative estimate of drug-likeness (QED) is 0.515. The van der Waals surface area contributed by atoms with Crippen LogP contribution >= 0.6 is 11.6 Å². The van der Waals surface area contributed by atoms with E-state index in [9.17, 15) is 10.1 Å². The number of aromatic nitrogens is 1. The highest BCUT2D eigenvalue weighted by molar-refractivity contribution is 6.18. The molecule has 0 aliphatic heterocycles. The minimum Gasteiger partial charge on any atom is -0.378 e. The highest BCUT2D eigenvalue weighted by Crippen LogP contribution is 2.30. The van der Waals surface area contributed by atoms with E-state index >= 15 is 0 Å². The zero-order chi connectivity index (χ0) is 12.3. The third kappa shape index (κ3) is 2.29. The molecule has 0 atom stereocenters. The maximum absolute atomic E-state index is 10.9. The van der Waals surface area contributed by atoms with Crippen molar-refractivity contribution in [1.82, 2.24) is 4.98 Å². The standard InChI is InChI=1S/C11H10ClN3O2/c12-5-6-13-11-8-3-1-2-4-9(8)14-7-10(11)15(16)17/h1-4,7H,5-6H2,(H,13,14). The SMILES string of the molecule is O=[N+]([O-])c1cnc2ccccc2c1NCCCl. The summed E-state index contributed by atoms with van der Waals surface area (Å²) in [4.78, 5) is 14.5. The summed E-state index contributed by atoms with van der Waals surface area (Å²) in [6, 6.07) is 7.27. The molecule has 0 unspecified atom stereocenters. The molecule has 1 aromatic heterocycles. The Bertz CT molecular complexity index is 559. The average molecular weight is 252 g/mol. The van der Waals surface area contributed by atoms with E-state index in [4.69, 9.17) is 11.6 Å². The number of rotatable bonds is 4. The summed E-state index contributed by atoms with van der Waals surface area (Å²) in [5.41, 5.74) is 1.16. The lowest BCUT2D eigenvalue weighted by atomic mass is 10.1. The first-order chi connectivity index (χ1) is 8.24. The number of nitro groups is 1. The van der Waals surface area contributed by atoms with Crippen LogP contribution in [0.4, 0.5) is 11.4 Å². The van der Waals surface area contributed by atoms with Gasteiger partial charge in [-0.25, -0.2) is 4.98 Å². The first kappa shape index (κ1) is 11.6. The van der Waals surface area contributed by atoms with E-state index in [0.29, 0.717) is 18.1 Å². The van der Waals surface area contributed by atoms with Crippen molar-refractivity contribution in [3.05, 3.63) is 40.6 Å². The molecular weight excluding hydrogens is 242 g/mol. The molecule has 88 valence electrons. The van der Waals surface area contributed by atoms with Crippen LogP contribution in [0.1, 0.15) is 0 Å². The predicted molar refractivity (Wildman–Crippen MR) is 67.6 cm³/mol. The molecule has 0 radical (unpaired) electrons. The maximum Gasteiger partial charge on any atom is 0.311 e. The molecule has 2 aromatic rings. The second-order valence-electron chi connectivity index (χ2n) is 3.41. The number of pyridine rings is 1. The Morgan fingerprint density at radius 1 is 1.41 bits per heavy atom. The van der Waals surface area contributed by atoms with Crippen LogP contribution in [0.3, 0.4) is 0 Å². The van der Waals surface area contributed by atoms with Gasteiger partial charge in [-0.1, -0.05) is 18.2 Å². The molecule has 1 heterocycles. The molecule has 0 saturated heterocycles. The molecule has 6 heteroatoms. The van der Waals surface area contributed by atoms with Gasteiger partial charge in [-0.2, -0.15) is 0 Å². The summed E-state index contributed by atoms with van der Waals surface area (Å²) >= 11 is 5.59. The van der Waals surface area contributed by atoms with Crippen LogP contribution in [0.15, 0.2) is 30.5 Å². The second kappa shape index (κ2) is 4.97. The van der Waals surface area contributed by atoms with Crippen LogP contribution in [0.25, 0.3) is 10.9 Å². The summed E-state index contributed by atoms with van der Waals surface area (Å²) in [5.74, 6) is 0.383. The van der Waals surface area contributed by atoms with E-state index in [2.05, 4.69) is 10.3 Å². The number of nitrogens with one attached hydrogen (secondary N) is 1. The van der Waals surface area contributed by atoms with E-state index in [-0.39, 0.29) is 5.69 Å². The third-order valence-electron chi connectivity index (χ3n) is 2.35. The number of hydrogen-bond donors (Lipinski definition) is 1. The number of para-hydroxylation sites is 1. The maximum atomic E-state index is 10.9. The summed E-state index contributed by atoms with van der Waals surface area (Å²) in [5, 5.41) is 14.6. The van der Waals surface area contributed by atoms with Crippen molar-refractivity contribution >= 4 is 33.9 Å². The smallest absolute Gasteiger partial charge is 0.311 e. The van der Waals surface area contributed by atoms with Crippen molar-refractivity contribution in [2.75, 3.05) is 17.7 Å². The molecule has 0 aliphatic carbocycles. The monoisotopic (exact) mass is 251 g/mol. The Balaban J connectivity index is 2.61. The summed E-state index contributed by atoms with van der Waals surface area (Å²) in [7, 11) is 0. The van der Waals surface area contributed by atoms with Gasteiger partial charge in [0.15, 0.2) is 0 Å². The van der Waals surface area contributed by atoms with Crippen molar-refractivity contribution in [1.29, 1.82) is 0 Å². The van der Waals surface area contributed by atoms with Crippen molar-refractivity contribution in [2.45, 2.75) is 0 Å². The number of alkyl halides is 1. The predicted octanol–water partition coefficient (Wildman–Crippen LogP) is 2.79. The normalized spacial score (nSPS) is 10.4. The number of fused-ring (bicyclic) bond motifs is 1. The molecule has 5 nitrogen and oxygen atoms in total. The summed E-state index contributed by atoms with van der Waals surface area (Å²) in [6.45, 7) is 0.469. The molecular formula is C11H10ClN3O2. The minimum atomic E-state index is -0.448. The second-order valence-corrected chi connectivity index (χ2v) is 3.79. The lowest BCUT2D eigenvalue weighted by Gasteiger charge is -2.08. The van der Waals surface area contributed by atoms with E-state index in [1.165, 1.54) is 6.20 Å². The van der Waals surface area contributed by atoms with Crippen LogP contribution in [-0.2, 0) is 0 Å². The van der Waals surface area contributed by atoms with E-state index in [1.54, 1.807) is 6.07 Å². The zero-order valence-electron chi connectivity index (χ0n) is 8.89. The van der Waals surface area contributed by atoms with E-state index in [0.717, 1.165) is 10.9 Å². The minimum absolute atomic E-state index is 0.0335. The van der Waals surface area contributed by atoms with Crippen molar-refractivity contribution < 1.29 is 4.92 Å². The number of hydrogen-bond acceptors (Lipinski definition) is 4. The van der Waals surface area contributed by atoms with Crippen LogP contribution in [0.5, 0.6) is 0 Å². The molecule has 0 bridgehead atoms. The molecule has 0 saturated carbocycles. The fourth-order valence-electron chi connectivity index (χ4n) is 1.63. The molecule has 17 heavy (non-hydrogen) atoms. The van der Waals surface area contributed by atoms with Gasteiger partial charge in [-0.05, 0) is 6.07 Å². The van der Waals surface area contributed by atoms with Gasteiger partial charge in [0.2, 0.25) is 0 Å². The number of benzene rings is 1. The number of anilines is 1. The van der Waals surface area contributed by atoms with Gasteiger partial charge in [0.25, 0.3) is 0 Å². The molecule has 0 amide bonds. The van der Waals surface area contributed by atoms with Gasteiger partial charge < -0.3 is 5.32 Å². The molecule has 1 N–H and O–H groups in total. The van der Waals surface area contributed by atoms with E-state index in [1.807, 2.05) is 18.2 Å². The Morgan fingerprint density at radius 3 is 2.88 bits per heavy atom. The Hall–Kier alpha value is -1.88.